The van der Waals surface area contributed by atoms with Crippen LogP contribution in [0.4, 0.5) is 5.13 Å². The van der Waals surface area contributed by atoms with E-state index in [9.17, 15) is 0 Å². The second-order valence-corrected chi connectivity index (χ2v) is 6.59. The van der Waals surface area contributed by atoms with Gasteiger partial charge in [0.2, 0.25) is 5.13 Å². The average Bonchev–Trinajstić information content (AvgIpc) is 3.14. The van der Waals surface area contributed by atoms with Gasteiger partial charge in [-0.15, -0.1) is 0 Å². The monoisotopic (exact) mass is 285 g/mol. The van der Waals surface area contributed by atoms with Crippen LogP contribution in [0.3, 0.4) is 0 Å². The van der Waals surface area contributed by atoms with E-state index in [1.54, 1.807) is 11.5 Å². The highest BCUT2D eigenvalue weighted by Crippen LogP contribution is 2.39. The van der Waals surface area contributed by atoms with E-state index in [0.29, 0.717) is 0 Å². The van der Waals surface area contributed by atoms with Crippen molar-refractivity contribution in [2.24, 2.45) is 5.92 Å². The first-order valence-corrected chi connectivity index (χ1v) is 8.35. The molecule has 4 rings (SSSR count). The SMILES string of the molecule is c1ccc(-c2nsc(N3CCC4CCCCC43)n2)cc1. The number of hydrogen-bond acceptors (Lipinski definition) is 4. The summed E-state index contributed by atoms with van der Waals surface area (Å²) in [6.07, 6.45) is 6.88. The predicted octanol–water partition coefficient (Wildman–Crippen LogP) is 3.97. The average molecular weight is 285 g/mol. The highest BCUT2D eigenvalue weighted by Gasteiger charge is 2.37. The van der Waals surface area contributed by atoms with Crippen molar-refractivity contribution >= 4 is 16.7 Å². The van der Waals surface area contributed by atoms with E-state index < -0.39 is 0 Å². The number of aromatic nitrogens is 2. The summed E-state index contributed by atoms with van der Waals surface area (Å²) in [5, 5.41) is 1.12. The smallest absolute Gasteiger partial charge is 0.205 e. The van der Waals surface area contributed by atoms with Gasteiger partial charge >= 0.3 is 0 Å². The Bertz CT molecular complexity index is 580. The number of benzene rings is 1. The molecule has 2 aromatic rings. The zero-order valence-electron chi connectivity index (χ0n) is 11.5. The summed E-state index contributed by atoms with van der Waals surface area (Å²) in [7, 11) is 0. The summed E-state index contributed by atoms with van der Waals surface area (Å²) in [5.41, 5.74) is 1.12. The van der Waals surface area contributed by atoms with E-state index >= 15 is 0 Å². The third-order valence-electron chi connectivity index (χ3n) is 4.70. The number of nitrogens with zero attached hydrogens (tertiary/aromatic N) is 3. The van der Waals surface area contributed by atoms with E-state index in [-0.39, 0.29) is 0 Å². The van der Waals surface area contributed by atoms with Gasteiger partial charge in [-0.25, -0.2) is 0 Å². The molecule has 104 valence electrons. The number of hydrogen-bond donors (Lipinski definition) is 0. The molecular weight excluding hydrogens is 266 g/mol. The Balaban J connectivity index is 1.59. The molecule has 1 aliphatic carbocycles. The Kier molecular flexibility index (Phi) is 3.19. The van der Waals surface area contributed by atoms with E-state index in [1.807, 2.05) is 18.2 Å². The molecule has 3 nitrogen and oxygen atoms in total. The van der Waals surface area contributed by atoms with Gasteiger partial charge in [-0.1, -0.05) is 43.2 Å². The van der Waals surface area contributed by atoms with Crippen LogP contribution in [-0.2, 0) is 0 Å². The molecule has 2 fully saturated rings. The van der Waals surface area contributed by atoms with E-state index in [4.69, 9.17) is 4.98 Å². The van der Waals surface area contributed by atoms with Gasteiger partial charge in [-0.2, -0.15) is 9.36 Å². The summed E-state index contributed by atoms with van der Waals surface area (Å²) < 4.78 is 4.56. The van der Waals surface area contributed by atoms with Crippen LogP contribution in [0, 0.1) is 5.92 Å². The first-order chi connectivity index (χ1) is 9.92. The molecule has 1 aromatic carbocycles. The van der Waals surface area contributed by atoms with Gasteiger partial charge in [0.1, 0.15) is 0 Å². The molecule has 1 saturated heterocycles. The quantitative estimate of drug-likeness (QED) is 0.836. The van der Waals surface area contributed by atoms with Crippen molar-refractivity contribution in [3.05, 3.63) is 30.3 Å². The van der Waals surface area contributed by atoms with Gasteiger partial charge in [0, 0.05) is 29.7 Å². The van der Waals surface area contributed by atoms with Crippen molar-refractivity contribution in [2.45, 2.75) is 38.1 Å². The molecule has 2 unspecified atom stereocenters. The first kappa shape index (κ1) is 12.3. The lowest BCUT2D eigenvalue weighted by atomic mass is 9.85. The molecule has 1 saturated carbocycles. The summed E-state index contributed by atoms with van der Waals surface area (Å²) in [6, 6.07) is 11.0. The van der Waals surface area contributed by atoms with Gasteiger partial charge < -0.3 is 4.90 Å². The molecular formula is C16H19N3S. The number of rotatable bonds is 2. The normalized spacial score (nSPS) is 25.7. The third-order valence-corrected chi connectivity index (χ3v) is 5.46. The number of anilines is 1. The Hall–Kier alpha value is -1.42. The van der Waals surface area contributed by atoms with Crippen LogP contribution in [0.15, 0.2) is 30.3 Å². The Labute approximate surface area is 123 Å². The lowest BCUT2D eigenvalue weighted by Crippen LogP contribution is -2.34. The molecule has 20 heavy (non-hydrogen) atoms. The Morgan fingerprint density at radius 3 is 2.80 bits per heavy atom. The lowest BCUT2D eigenvalue weighted by Gasteiger charge is -2.31. The van der Waals surface area contributed by atoms with Crippen molar-refractivity contribution in [1.82, 2.24) is 9.36 Å². The van der Waals surface area contributed by atoms with E-state index in [1.165, 1.54) is 38.6 Å². The molecule has 0 spiro atoms. The Morgan fingerprint density at radius 1 is 1.05 bits per heavy atom. The fraction of sp³-hybridized carbons (Fsp3) is 0.500. The zero-order valence-corrected chi connectivity index (χ0v) is 12.4. The minimum Gasteiger partial charge on any atom is -0.344 e. The minimum atomic E-state index is 0.723. The minimum absolute atomic E-state index is 0.723. The molecule has 2 atom stereocenters. The van der Waals surface area contributed by atoms with Gasteiger partial charge in [-0.3, -0.25) is 0 Å². The molecule has 0 N–H and O–H groups in total. The van der Waals surface area contributed by atoms with Crippen molar-refractivity contribution in [3.8, 4) is 11.4 Å². The Morgan fingerprint density at radius 2 is 1.90 bits per heavy atom. The second kappa shape index (κ2) is 5.17. The summed E-state index contributed by atoms with van der Waals surface area (Å²) in [5.74, 6) is 1.78. The maximum Gasteiger partial charge on any atom is 0.205 e. The standard InChI is InChI=1S/C16H19N3S/c1-2-7-13(8-3-1)15-17-16(20-18-15)19-11-10-12-6-4-5-9-14(12)19/h1-3,7-8,12,14H,4-6,9-11H2. The van der Waals surface area contributed by atoms with Crippen molar-refractivity contribution in [3.63, 3.8) is 0 Å². The van der Waals surface area contributed by atoms with Gasteiger partial charge in [0.25, 0.3) is 0 Å². The van der Waals surface area contributed by atoms with Crippen LogP contribution >= 0.6 is 11.5 Å². The molecule has 0 amide bonds. The third kappa shape index (κ3) is 2.12. The van der Waals surface area contributed by atoms with Crippen LogP contribution in [0.1, 0.15) is 32.1 Å². The van der Waals surface area contributed by atoms with Gasteiger partial charge in [-0.05, 0) is 25.2 Å². The van der Waals surface area contributed by atoms with Gasteiger partial charge in [0.15, 0.2) is 5.82 Å². The highest BCUT2D eigenvalue weighted by atomic mass is 32.1. The summed E-state index contributed by atoms with van der Waals surface area (Å²) in [4.78, 5) is 7.31. The maximum absolute atomic E-state index is 4.79. The summed E-state index contributed by atoms with van der Waals surface area (Å²) >= 11 is 1.56. The van der Waals surface area contributed by atoms with Crippen molar-refractivity contribution < 1.29 is 0 Å². The largest absolute Gasteiger partial charge is 0.344 e. The van der Waals surface area contributed by atoms with Crippen LogP contribution in [0.25, 0.3) is 11.4 Å². The predicted molar refractivity (Wildman–Crippen MR) is 83.1 cm³/mol. The van der Waals surface area contributed by atoms with Crippen LogP contribution < -0.4 is 4.90 Å². The maximum atomic E-state index is 4.79. The fourth-order valence-electron chi connectivity index (χ4n) is 3.68. The molecule has 0 radical (unpaired) electrons. The van der Waals surface area contributed by atoms with E-state index in [0.717, 1.165) is 28.5 Å². The summed E-state index contributed by atoms with van der Waals surface area (Å²) in [6.45, 7) is 1.17. The molecule has 1 aliphatic heterocycles. The van der Waals surface area contributed by atoms with Crippen molar-refractivity contribution in [1.29, 1.82) is 0 Å². The fourth-order valence-corrected chi connectivity index (χ4v) is 4.45. The molecule has 0 bridgehead atoms. The van der Waals surface area contributed by atoms with Gasteiger partial charge in [0.05, 0.1) is 0 Å². The zero-order chi connectivity index (χ0) is 13.4. The van der Waals surface area contributed by atoms with Crippen LogP contribution in [0.2, 0.25) is 0 Å². The topological polar surface area (TPSA) is 29.0 Å². The van der Waals surface area contributed by atoms with Crippen LogP contribution in [-0.4, -0.2) is 21.9 Å². The number of fused-ring (bicyclic) bond motifs is 1. The lowest BCUT2D eigenvalue weighted by molar-refractivity contribution is 0.342. The second-order valence-electron chi connectivity index (χ2n) is 5.86. The molecule has 2 aliphatic rings. The molecule has 4 heteroatoms. The first-order valence-electron chi connectivity index (χ1n) is 7.57. The molecule has 1 aromatic heterocycles. The van der Waals surface area contributed by atoms with E-state index in [2.05, 4.69) is 21.4 Å². The van der Waals surface area contributed by atoms with Crippen LogP contribution in [0.5, 0.6) is 0 Å². The highest BCUT2D eigenvalue weighted by molar-refractivity contribution is 7.09. The molecule has 2 heterocycles. The van der Waals surface area contributed by atoms with Crippen molar-refractivity contribution in [2.75, 3.05) is 11.4 Å².